The van der Waals surface area contributed by atoms with E-state index in [0.717, 1.165) is 37.0 Å². The van der Waals surface area contributed by atoms with E-state index in [0.29, 0.717) is 18.3 Å². The van der Waals surface area contributed by atoms with Crippen LogP contribution >= 0.6 is 11.3 Å². The van der Waals surface area contributed by atoms with Gasteiger partial charge in [-0.15, -0.1) is 21.5 Å². The van der Waals surface area contributed by atoms with Gasteiger partial charge in [-0.2, -0.15) is 4.80 Å². The van der Waals surface area contributed by atoms with E-state index < -0.39 is 0 Å². The Morgan fingerprint density at radius 1 is 1.19 bits per heavy atom. The maximum atomic E-state index is 5.54. The van der Waals surface area contributed by atoms with E-state index in [1.807, 2.05) is 19.1 Å². The molecule has 27 heavy (non-hydrogen) atoms. The van der Waals surface area contributed by atoms with Gasteiger partial charge in [-0.25, -0.2) is 4.98 Å². The molecule has 0 atom stereocenters. The summed E-state index contributed by atoms with van der Waals surface area (Å²) in [4.78, 5) is 6.32. The van der Waals surface area contributed by atoms with Crippen LogP contribution in [0.2, 0.25) is 0 Å². The van der Waals surface area contributed by atoms with E-state index in [9.17, 15) is 0 Å². The van der Waals surface area contributed by atoms with Crippen LogP contribution in [0.4, 0.5) is 0 Å². The second-order valence-electron chi connectivity index (χ2n) is 6.87. The number of hydrogen-bond donors (Lipinski definition) is 0. The summed E-state index contributed by atoms with van der Waals surface area (Å²) in [5.74, 6) is 2.08. The summed E-state index contributed by atoms with van der Waals surface area (Å²) in [6, 6.07) is 6.10. The number of thiazole rings is 1. The maximum absolute atomic E-state index is 5.54. The molecule has 0 bridgehead atoms. The molecule has 0 aliphatic carbocycles. The van der Waals surface area contributed by atoms with Crippen LogP contribution in [0.5, 0.6) is 5.75 Å². The average Bonchev–Trinajstić information content (AvgIpc) is 3.34. The summed E-state index contributed by atoms with van der Waals surface area (Å²) >= 11 is 1.77. The third-order valence-corrected chi connectivity index (χ3v) is 5.66. The number of unbranched alkanes of at least 4 members (excludes halogenated alkanes) is 1. The highest BCUT2D eigenvalue weighted by Gasteiger charge is 2.11. The van der Waals surface area contributed by atoms with Crippen molar-refractivity contribution in [2.24, 2.45) is 0 Å². The Bertz CT molecular complexity index is 871. The Morgan fingerprint density at radius 2 is 2.00 bits per heavy atom. The van der Waals surface area contributed by atoms with Crippen LogP contribution in [-0.2, 0) is 19.4 Å². The monoisotopic (exact) mass is 385 g/mol. The Kier molecular flexibility index (Phi) is 6.55. The predicted molar refractivity (Wildman–Crippen MR) is 108 cm³/mol. The zero-order valence-electron chi connectivity index (χ0n) is 16.5. The van der Waals surface area contributed by atoms with Crippen LogP contribution < -0.4 is 4.74 Å². The molecule has 0 spiro atoms. The average molecular weight is 386 g/mol. The lowest BCUT2D eigenvalue weighted by Gasteiger charge is -2.09. The molecule has 0 radical (unpaired) electrons. The summed E-state index contributed by atoms with van der Waals surface area (Å²) in [5, 5.41) is 16.0. The Labute approximate surface area is 164 Å². The number of aromatic nitrogens is 5. The lowest BCUT2D eigenvalue weighted by atomic mass is 10.0. The quantitative estimate of drug-likeness (QED) is 0.507. The van der Waals surface area contributed by atoms with Crippen LogP contribution in [0.3, 0.4) is 0 Å². The van der Waals surface area contributed by atoms with Crippen LogP contribution in [-0.4, -0.2) is 32.3 Å². The van der Waals surface area contributed by atoms with Crippen molar-refractivity contribution in [2.45, 2.75) is 58.9 Å². The lowest BCUT2D eigenvalue weighted by molar-refractivity contribution is 0.409. The van der Waals surface area contributed by atoms with Crippen molar-refractivity contribution in [1.29, 1.82) is 0 Å². The van der Waals surface area contributed by atoms with Crippen molar-refractivity contribution in [2.75, 3.05) is 7.11 Å². The minimum atomic E-state index is 0.509. The Morgan fingerprint density at radius 3 is 2.67 bits per heavy atom. The van der Waals surface area contributed by atoms with Gasteiger partial charge >= 0.3 is 0 Å². The van der Waals surface area contributed by atoms with Gasteiger partial charge < -0.3 is 4.74 Å². The molecule has 7 heteroatoms. The first kappa shape index (κ1) is 19.5. The standard InChI is InChI=1S/C20H27N5OS/c1-5-25-23-19(22-24-25)16-10-11-18(26-4)15(12-16)8-6-7-9-17-13-27-20(21-17)14(2)3/h10-14H,5-9H2,1-4H3. The topological polar surface area (TPSA) is 65.7 Å². The number of nitrogens with zero attached hydrogens (tertiary/aromatic N) is 5. The molecule has 0 saturated carbocycles. The molecule has 0 amide bonds. The molecule has 0 N–H and O–H groups in total. The van der Waals surface area contributed by atoms with E-state index in [-0.39, 0.29) is 0 Å². The fourth-order valence-corrected chi connectivity index (χ4v) is 3.80. The zero-order valence-corrected chi connectivity index (χ0v) is 17.3. The number of benzene rings is 1. The van der Waals surface area contributed by atoms with Gasteiger partial charge in [0.25, 0.3) is 0 Å². The summed E-state index contributed by atoms with van der Waals surface area (Å²) in [6.07, 6.45) is 4.18. The first-order valence-corrected chi connectivity index (χ1v) is 10.4. The van der Waals surface area contributed by atoms with E-state index in [1.54, 1.807) is 23.2 Å². The van der Waals surface area contributed by atoms with Crippen LogP contribution in [0, 0.1) is 0 Å². The summed E-state index contributed by atoms with van der Waals surface area (Å²) in [6.45, 7) is 7.09. The fraction of sp³-hybridized carbons (Fsp3) is 0.500. The predicted octanol–water partition coefficient (Wildman–Crippen LogP) is 4.51. The molecule has 0 saturated heterocycles. The molecule has 2 heterocycles. The van der Waals surface area contributed by atoms with Crippen molar-refractivity contribution >= 4 is 11.3 Å². The van der Waals surface area contributed by atoms with Gasteiger partial charge in [0.05, 0.1) is 24.4 Å². The highest BCUT2D eigenvalue weighted by Crippen LogP contribution is 2.26. The second-order valence-corrected chi connectivity index (χ2v) is 7.76. The maximum Gasteiger partial charge on any atom is 0.204 e. The first-order valence-electron chi connectivity index (χ1n) is 9.50. The summed E-state index contributed by atoms with van der Waals surface area (Å²) in [5.41, 5.74) is 3.38. The van der Waals surface area contributed by atoms with Gasteiger partial charge in [0.1, 0.15) is 5.75 Å². The molecular formula is C20H27N5OS. The molecular weight excluding hydrogens is 358 g/mol. The third-order valence-electron chi connectivity index (χ3n) is 4.47. The molecule has 0 aliphatic heterocycles. The van der Waals surface area contributed by atoms with E-state index >= 15 is 0 Å². The van der Waals surface area contributed by atoms with E-state index in [2.05, 4.69) is 40.7 Å². The largest absolute Gasteiger partial charge is 0.496 e. The SMILES string of the molecule is CCn1nnc(-c2ccc(OC)c(CCCCc3csc(C(C)C)n3)c2)n1. The lowest BCUT2D eigenvalue weighted by Crippen LogP contribution is -1.98. The highest BCUT2D eigenvalue weighted by molar-refractivity contribution is 7.09. The first-order chi connectivity index (χ1) is 13.1. The van der Waals surface area contributed by atoms with Gasteiger partial charge in [0.2, 0.25) is 5.82 Å². The molecule has 0 aliphatic rings. The van der Waals surface area contributed by atoms with E-state index in [1.165, 1.54) is 16.3 Å². The number of hydrogen-bond acceptors (Lipinski definition) is 6. The van der Waals surface area contributed by atoms with Gasteiger partial charge in [-0.05, 0) is 61.6 Å². The van der Waals surface area contributed by atoms with Crippen molar-refractivity contribution in [1.82, 2.24) is 25.2 Å². The van der Waals surface area contributed by atoms with Crippen LogP contribution in [0.1, 0.15) is 55.8 Å². The number of rotatable bonds is 9. The molecule has 144 valence electrons. The summed E-state index contributed by atoms with van der Waals surface area (Å²) < 4.78 is 5.54. The summed E-state index contributed by atoms with van der Waals surface area (Å²) in [7, 11) is 1.72. The molecule has 0 unspecified atom stereocenters. The van der Waals surface area contributed by atoms with E-state index in [4.69, 9.17) is 9.72 Å². The van der Waals surface area contributed by atoms with Crippen molar-refractivity contribution < 1.29 is 4.74 Å². The number of methoxy groups -OCH3 is 1. The normalized spacial score (nSPS) is 11.3. The molecule has 3 rings (SSSR count). The molecule has 6 nitrogen and oxygen atoms in total. The number of ether oxygens (including phenoxy) is 1. The fourth-order valence-electron chi connectivity index (χ4n) is 2.93. The van der Waals surface area contributed by atoms with Gasteiger partial charge in [0.15, 0.2) is 0 Å². The molecule has 0 fully saturated rings. The highest BCUT2D eigenvalue weighted by atomic mass is 32.1. The van der Waals surface area contributed by atoms with Gasteiger partial charge in [-0.3, -0.25) is 0 Å². The van der Waals surface area contributed by atoms with Crippen LogP contribution in [0.25, 0.3) is 11.4 Å². The van der Waals surface area contributed by atoms with Gasteiger partial charge in [0, 0.05) is 16.9 Å². The third kappa shape index (κ3) is 4.91. The van der Waals surface area contributed by atoms with Crippen molar-refractivity contribution in [3.8, 4) is 17.1 Å². The minimum Gasteiger partial charge on any atom is -0.496 e. The Hall–Kier alpha value is -2.28. The van der Waals surface area contributed by atoms with Crippen molar-refractivity contribution in [3.63, 3.8) is 0 Å². The molecule has 2 aromatic heterocycles. The minimum absolute atomic E-state index is 0.509. The van der Waals surface area contributed by atoms with Crippen LogP contribution in [0.15, 0.2) is 23.6 Å². The zero-order chi connectivity index (χ0) is 19.2. The number of aryl methyl sites for hydroxylation is 3. The smallest absolute Gasteiger partial charge is 0.204 e. The van der Waals surface area contributed by atoms with Gasteiger partial charge in [-0.1, -0.05) is 13.8 Å². The molecule has 3 aromatic rings. The molecule has 1 aromatic carbocycles. The second kappa shape index (κ2) is 9.08. The Balaban J connectivity index is 1.61. The number of tetrazole rings is 1. The van der Waals surface area contributed by atoms with Crippen molar-refractivity contribution in [3.05, 3.63) is 39.8 Å².